The van der Waals surface area contributed by atoms with Crippen molar-refractivity contribution in [2.45, 2.75) is 64.0 Å². The van der Waals surface area contributed by atoms with Gasteiger partial charge in [-0.3, -0.25) is 4.79 Å². The van der Waals surface area contributed by atoms with Crippen LogP contribution in [-0.2, 0) is 9.53 Å². The van der Waals surface area contributed by atoms with Gasteiger partial charge < -0.3 is 15.8 Å². The second kappa shape index (κ2) is 8.48. The van der Waals surface area contributed by atoms with E-state index in [9.17, 15) is 4.79 Å². The van der Waals surface area contributed by atoms with Crippen molar-refractivity contribution in [2.75, 3.05) is 13.2 Å². The summed E-state index contributed by atoms with van der Waals surface area (Å²) in [5.74, 6) is -0.313. The summed E-state index contributed by atoms with van der Waals surface area (Å²) in [4.78, 5) is 11.2. The fraction of sp³-hybridized carbons (Fsp3) is 0.923. The van der Waals surface area contributed by atoms with E-state index in [1.165, 1.54) is 25.7 Å². The van der Waals surface area contributed by atoms with E-state index in [0.717, 1.165) is 25.8 Å². The number of hydrogen-bond acceptors (Lipinski definition) is 3. The highest BCUT2D eigenvalue weighted by Gasteiger charge is 2.18. The van der Waals surface area contributed by atoms with E-state index in [1.807, 2.05) is 0 Å². The van der Waals surface area contributed by atoms with Gasteiger partial charge in [0.2, 0.25) is 5.91 Å². The molecule has 0 heterocycles. The normalized spacial score (nSPS) is 19.8. The average molecular weight is 242 g/mol. The van der Waals surface area contributed by atoms with E-state index in [4.69, 9.17) is 10.5 Å². The van der Waals surface area contributed by atoms with E-state index in [0.29, 0.717) is 12.7 Å². The second-order valence-electron chi connectivity index (χ2n) is 4.86. The first-order valence-corrected chi connectivity index (χ1v) is 6.88. The van der Waals surface area contributed by atoms with Crippen LogP contribution in [0.3, 0.4) is 0 Å². The Hall–Kier alpha value is -0.610. The van der Waals surface area contributed by atoms with E-state index in [2.05, 4.69) is 12.2 Å². The quantitative estimate of drug-likeness (QED) is 0.666. The number of ether oxygens (including phenoxy) is 1. The number of primary amides is 1. The third kappa shape index (κ3) is 6.03. The highest BCUT2D eigenvalue weighted by molar-refractivity contribution is 5.79. The van der Waals surface area contributed by atoms with Crippen molar-refractivity contribution >= 4 is 5.91 Å². The van der Waals surface area contributed by atoms with Gasteiger partial charge >= 0.3 is 0 Å². The molecule has 0 aliphatic heterocycles. The van der Waals surface area contributed by atoms with E-state index in [1.54, 1.807) is 0 Å². The zero-order valence-electron chi connectivity index (χ0n) is 10.9. The summed E-state index contributed by atoms with van der Waals surface area (Å²) in [5, 5.41) is 3.12. The van der Waals surface area contributed by atoms with Crippen LogP contribution in [0.2, 0.25) is 0 Å². The Morgan fingerprint density at radius 2 is 2.00 bits per heavy atom. The minimum atomic E-state index is -0.335. The minimum Gasteiger partial charge on any atom is -0.376 e. The smallest absolute Gasteiger partial charge is 0.236 e. The van der Waals surface area contributed by atoms with Gasteiger partial charge in [0, 0.05) is 0 Å². The summed E-state index contributed by atoms with van der Waals surface area (Å²) in [5.41, 5.74) is 5.34. The van der Waals surface area contributed by atoms with Crippen LogP contribution in [0.5, 0.6) is 0 Å². The number of carbonyl (C=O) groups is 1. The summed E-state index contributed by atoms with van der Waals surface area (Å²) in [7, 11) is 0. The largest absolute Gasteiger partial charge is 0.376 e. The predicted octanol–water partition coefficient (Wildman–Crippen LogP) is 1.58. The zero-order chi connectivity index (χ0) is 12.5. The van der Waals surface area contributed by atoms with Gasteiger partial charge in [0.1, 0.15) is 6.04 Å². The summed E-state index contributed by atoms with van der Waals surface area (Å²) < 4.78 is 5.82. The summed E-state index contributed by atoms with van der Waals surface area (Å²) in [6, 6.07) is -0.335. The standard InChI is InChI=1S/C13H26N2O2/c1-2-9-15-12(13(14)16)10-17-11-7-5-3-4-6-8-11/h11-12,15H,2-10H2,1H3,(H2,14,16). The Kier molecular flexibility index (Phi) is 7.21. The molecular weight excluding hydrogens is 216 g/mol. The molecule has 1 unspecified atom stereocenters. The third-order valence-electron chi connectivity index (χ3n) is 3.28. The van der Waals surface area contributed by atoms with Gasteiger partial charge in [-0.1, -0.05) is 32.6 Å². The monoisotopic (exact) mass is 242 g/mol. The van der Waals surface area contributed by atoms with Gasteiger partial charge in [0.05, 0.1) is 12.7 Å². The molecule has 0 radical (unpaired) electrons. The molecule has 4 nitrogen and oxygen atoms in total. The van der Waals surface area contributed by atoms with Gasteiger partial charge in [-0.05, 0) is 25.8 Å². The fourth-order valence-corrected chi connectivity index (χ4v) is 2.20. The first kappa shape index (κ1) is 14.5. The molecule has 1 aliphatic rings. The van der Waals surface area contributed by atoms with Crippen LogP contribution in [0.1, 0.15) is 51.9 Å². The van der Waals surface area contributed by atoms with Gasteiger partial charge in [-0.15, -0.1) is 0 Å². The Balaban J connectivity index is 2.26. The minimum absolute atomic E-state index is 0.313. The maximum atomic E-state index is 11.2. The molecule has 100 valence electrons. The summed E-state index contributed by atoms with van der Waals surface area (Å²) >= 11 is 0. The van der Waals surface area contributed by atoms with Crippen molar-refractivity contribution in [3.8, 4) is 0 Å². The lowest BCUT2D eigenvalue weighted by atomic mass is 10.1. The van der Waals surface area contributed by atoms with Crippen LogP contribution in [0.4, 0.5) is 0 Å². The molecular formula is C13H26N2O2. The van der Waals surface area contributed by atoms with Gasteiger partial charge in [0.25, 0.3) is 0 Å². The van der Waals surface area contributed by atoms with E-state index >= 15 is 0 Å². The van der Waals surface area contributed by atoms with Crippen LogP contribution in [-0.4, -0.2) is 31.2 Å². The fourth-order valence-electron chi connectivity index (χ4n) is 2.20. The molecule has 1 amide bonds. The number of rotatable bonds is 7. The maximum Gasteiger partial charge on any atom is 0.236 e. The summed E-state index contributed by atoms with van der Waals surface area (Å²) in [6.07, 6.45) is 8.68. The van der Waals surface area contributed by atoms with E-state index in [-0.39, 0.29) is 11.9 Å². The highest BCUT2D eigenvalue weighted by atomic mass is 16.5. The lowest BCUT2D eigenvalue weighted by Crippen LogP contribution is -2.45. The first-order chi connectivity index (χ1) is 8.24. The SMILES string of the molecule is CCCNC(COC1CCCCCC1)C(N)=O. The average Bonchev–Trinajstić information content (AvgIpc) is 2.57. The molecule has 1 fully saturated rings. The number of hydrogen-bond donors (Lipinski definition) is 2. The predicted molar refractivity (Wildman–Crippen MR) is 68.7 cm³/mol. The van der Waals surface area contributed by atoms with Crippen molar-refractivity contribution in [3.63, 3.8) is 0 Å². The lowest BCUT2D eigenvalue weighted by Gasteiger charge is -2.20. The van der Waals surface area contributed by atoms with Crippen molar-refractivity contribution in [1.29, 1.82) is 0 Å². The number of nitrogens with one attached hydrogen (secondary N) is 1. The molecule has 0 aromatic carbocycles. The molecule has 1 aliphatic carbocycles. The summed E-state index contributed by atoms with van der Waals surface area (Å²) in [6.45, 7) is 3.29. The van der Waals surface area contributed by atoms with Crippen LogP contribution in [0.25, 0.3) is 0 Å². The lowest BCUT2D eigenvalue weighted by molar-refractivity contribution is -0.122. The molecule has 1 atom stereocenters. The van der Waals surface area contributed by atoms with Crippen LogP contribution in [0.15, 0.2) is 0 Å². The zero-order valence-corrected chi connectivity index (χ0v) is 10.9. The van der Waals surface area contributed by atoms with Crippen LogP contribution < -0.4 is 11.1 Å². The van der Waals surface area contributed by atoms with Crippen LogP contribution in [0, 0.1) is 0 Å². The number of nitrogens with two attached hydrogens (primary N) is 1. The molecule has 0 aromatic rings. The van der Waals surface area contributed by atoms with Crippen molar-refractivity contribution in [2.24, 2.45) is 5.73 Å². The highest BCUT2D eigenvalue weighted by Crippen LogP contribution is 2.19. The van der Waals surface area contributed by atoms with Crippen molar-refractivity contribution in [1.82, 2.24) is 5.32 Å². The number of carbonyl (C=O) groups excluding carboxylic acids is 1. The molecule has 0 saturated heterocycles. The molecule has 17 heavy (non-hydrogen) atoms. The Morgan fingerprint density at radius 1 is 1.35 bits per heavy atom. The second-order valence-corrected chi connectivity index (χ2v) is 4.86. The maximum absolute atomic E-state index is 11.2. The topological polar surface area (TPSA) is 64.3 Å². The molecule has 1 rings (SSSR count). The van der Waals surface area contributed by atoms with Gasteiger partial charge in [-0.25, -0.2) is 0 Å². The molecule has 3 N–H and O–H groups in total. The van der Waals surface area contributed by atoms with Crippen LogP contribution >= 0.6 is 0 Å². The Morgan fingerprint density at radius 3 is 2.53 bits per heavy atom. The third-order valence-corrected chi connectivity index (χ3v) is 3.28. The molecule has 4 heteroatoms. The Bertz CT molecular complexity index is 213. The first-order valence-electron chi connectivity index (χ1n) is 6.88. The molecule has 0 spiro atoms. The molecule has 1 saturated carbocycles. The number of amides is 1. The van der Waals surface area contributed by atoms with Gasteiger partial charge in [0.15, 0.2) is 0 Å². The van der Waals surface area contributed by atoms with E-state index < -0.39 is 0 Å². The molecule has 0 bridgehead atoms. The van der Waals surface area contributed by atoms with Crippen molar-refractivity contribution < 1.29 is 9.53 Å². The Labute approximate surface area is 104 Å². The van der Waals surface area contributed by atoms with Gasteiger partial charge in [-0.2, -0.15) is 0 Å². The molecule has 0 aromatic heterocycles. The van der Waals surface area contributed by atoms with Crippen molar-refractivity contribution in [3.05, 3.63) is 0 Å².